The zero-order chi connectivity index (χ0) is 13.1. The van der Waals surface area contributed by atoms with E-state index in [9.17, 15) is 0 Å². The topological polar surface area (TPSA) is 32.5 Å². The molecule has 0 aliphatic carbocycles. The van der Waals surface area contributed by atoms with Gasteiger partial charge in [0, 0.05) is 36.4 Å². The van der Waals surface area contributed by atoms with Crippen molar-refractivity contribution in [2.75, 3.05) is 32.1 Å². The average Bonchev–Trinajstić information content (AvgIpc) is 2.38. The van der Waals surface area contributed by atoms with Gasteiger partial charge in [-0.05, 0) is 44.6 Å². The molecule has 1 aromatic rings. The fourth-order valence-corrected chi connectivity index (χ4v) is 2.79. The van der Waals surface area contributed by atoms with Crippen LogP contribution in [-0.2, 0) is 6.54 Å². The minimum atomic E-state index is 0.502. The minimum absolute atomic E-state index is 0.502. The molecule has 1 fully saturated rings. The van der Waals surface area contributed by atoms with Gasteiger partial charge in [0.25, 0.3) is 0 Å². The Morgan fingerprint density at radius 1 is 1.33 bits per heavy atom. The third-order valence-electron chi connectivity index (χ3n) is 3.82. The number of hydrogen-bond donors (Lipinski definition) is 1. The van der Waals surface area contributed by atoms with Crippen LogP contribution < -0.4 is 10.6 Å². The smallest absolute Gasteiger partial charge is 0.0471 e. The maximum absolute atomic E-state index is 6.21. The van der Waals surface area contributed by atoms with Crippen molar-refractivity contribution in [1.82, 2.24) is 4.90 Å². The van der Waals surface area contributed by atoms with Gasteiger partial charge >= 0.3 is 0 Å². The summed E-state index contributed by atoms with van der Waals surface area (Å²) in [6.45, 7) is 2.70. The lowest BCUT2D eigenvalue weighted by Crippen LogP contribution is -2.41. The molecule has 2 rings (SSSR count). The molecule has 1 aliphatic heterocycles. The number of piperidine rings is 1. The average molecular weight is 268 g/mol. The molecule has 0 atom stereocenters. The van der Waals surface area contributed by atoms with E-state index >= 15 is 0 Å². The van der Waals surface area contributed by atoms with E-state index in [2.05, 4.69) is 30.0 Å². The van der Waals surface area contributed by atoms with Crippen molar-refractivity contribution < 1.29 is 0 Å². The Hall–Kier alpha value is -0.770. The molecule has 1 aliphatic rings. The second kappa shape index (κ2) is 5.91. The quantitative estimate of drug-likeness (QED) is 0.912. The number of rotatable bonds is 3. The molecule has 1 heterocycles. The van der Waals surface area contributed by atoms with Crippen LogP contribution in [0.1, 0.15) is 18.4 Å². The summed E-state index contributed by atoms with van der Waals surface area (Å²) in [5.41, 5.74) is 7.86. The first kappa shape index (κ1) is 13.7. The predicted octanol–water partition coefficient (Wildman–Crippen LogP) is 2.33. The highest BCUT2D eigenvalue weighted by Crippen LogP contribution is 2.26. The van der Waals surface area contributed by atoms with Crippen molar-refractivity contribution >= 4 is 17.3 Å². The van der Waals surface area contributed by atoms with Crippen LogP contribution in [0.2, 0.25) is 5.02 Å². The number of hydrogen-bond acceptors (Lipinski definition) is 3. The van der Waals surface area contributed by atoms with Crippen LogP contribution in [0, 0.1) is 0 Å². The standard InChI is InChI=1S/C14H22ClN3/c1-17(2)12-5-7-18(8-6-12)13-4-3-11(10-16)14(15)9-13/h3-4,9,12H,5-8,10,16H2,1-2H3. The zero-order valence-electron chi connectivity index (χ0n) is 11.2. The normalized spacial score (nSPS) is 17.5. The number of nitrogens with zero attached hydrogens (tertiary/aromatic N) is 2. The maximum atomic E-state index is 6.21. The van der Waals surface area contributed by atoms with Gasteiger partial charge in [-0.2, -0.15) is 0 Å². The van der Waals surface area contributed by atoms with Crippen molar-refractivity contribution in [2.24, 2.45) is 5.73 Å². The zero-order valence-corrected chi connectivity index (χ0v) is 12.0. The van der Waals surface area contributed by atoms with Crippen LogP contribution in [0.5, 0.6) is 0 Å². The molecular weight excluding hydrogens is 246 g/mol. The second-order valence-electron chi connectivity index (χ2n) is 5.16. The summed E-state index contributed by atoms with van der Waals surface area (Å²) in [6, 6.07) is 6.92. The minimum Gasteiger partial charge on any atom is -0.371 e. The SMILES string of the molecule is CN(C)C1CCN(c2ccc(CN)c(Cl)c2)CC1. The van der Waals surface area contributed by atoms with Crippen LogP contribution in [0.25, 0.3) is 0 Å². The van der Waals surface area contributed by atoms with Crippen molar-refractivity contribution in [2.45, 2.75) is 25.4 Å². The molecule has 0 bridgehead atoms. The summed E-state index contributed by atoms with van der Waals surface area (Å²) in [4.78, 5) is 4.73. The number of anilines is 1. The molecule has 18 heavy (non-hydrogen) atoms. The highest BCUT2D eigenvalue weighted by Gasteiger charge is 2.20. The Labute approximate surface area is 115 Å². The number of nitrogens with two attached hydrogens (primary N) is 1. The monoisotopic (exact) mass is 267 g/mol. The number of halogens is 1. The van der Waals surface area contributed by atoms with Crippen molar-refractivity contribution in [3.05, 3.63) is 28.8 Å². The van der Waals surface area contributed by atoms with Gasteiger partial charge in [-0.1, -0.05) is 17.7 Å². The molecule has 0 unspecified atom stereocenters. The van der Waals surface area contributed by atoms with E-state index in [0.717, 1.165) is 23.7 Å². The molecule has 0 aromatic heterocycles. The van der Waals surface area contributed by atoms with E-state index < -0.39 is 0 Å². The summed E-state index contributed by atoms with van der Waals surface area (Å²) in [7, 11) is 4.32. The van der Waals surface area contributed by atoms with Gasteiger partial charge in [0.1, 0.15) is 0 Å². The first-order chi connectivity index (χ1) is 8.61. The molecule has 0 spiro atoms. The largest absolute Gasteiger partial charge is 0.371 e. The molecule has 0 saturated carbocycles. The predicted molar refractivity (Wildman–Crippen MR) is 78.3 cm³/mol. The lowest BCUT2D eigenvalue weighted by atomic mass is 10.0. The van der Waals surface area contributed by atoms with Crippen LogP contribution >= 0.6 is 11.6 Å². The van der Waals surface area contributed by atoms with Gasteiger partial charge in [0.05, 0.1) is 0 Å². The molecule has 2 N–H and O–H groups in total. The van der Waals surface area contributed by atoms with E-state index in [4.69, 9.17) is 17.3 Å². The first-order valence-electron chi connectivity index (χ1n) is 6.51. The van der Waals surface area contributed by atoms with Gasteiger partial charge in [0.15, 0.2) is 0 Å². The fraction of sp³-hybridized carbons (Fsp3) is 0.571. The summed E-state index contributed by atoms with van der Waals surface area (Å²) in [6.07, 6.45) is 2.42. The molecule has 100 valence electrons. The van der Waals surface area contributed by atoms with E-state index in [1.807, 2.05) is 12.1 Å². The third kappa shape index (κ3) is 2.97. The summed E-state index contributed by atoms with van der Waals surface area (Å²) < 4.78 is 0. The maximum Gasteiger partial charge on any atom is 0.0471 e. The van der Waals surface area contributed by atoms with Crippen LogP contribution in [0.4, 0.5) is 5.69 Å². The Morgan fingerprint density at radius 2 is 2.00 bits per heavy atom. The van der Waals surface area contributed by atoms with Gasteiger partial charge in [-0.15, -0.1) is 0 Å². The summed E-state index contributed by atoms with van der Waals surface area (Å²) >= 11 is 6.21. The van der Waals surface area contributed by atoms with Crippen LogP contribution in [0.3, 0.4) is 0 Å². The third-order valence-corrected chi connectivity index (χ3v) is 4.17. The van der Waals surface area contributed by atoms with Crippen molar-refractivity contribution in [3.63, 3.8) is 0 Å². The van der Waals surface area contributed by atoms with Crippen molar-refractivity contribution in [3.8, 4) is 0 Å². The molecule has 1 saturated heterocycles. The van der Waals surface area contributed by atoms with Crippen molar-refractivity contribution in [1.29, 1.82) is 0 Å². The van der Waals surface area contributed by atoms with Gasteiger partial charge in [0.2, 0.25) is 0 Å². The van der Waals surface area contributed by atoms with E-state index in [1.54, 1.807) is 0 Å². The van der Waals surface area contributed by atoms with Gasteiger partial charge < -0.3 is 15.5 Å². The molecular formula is C14H22ClN3. The molecule has 0 radical (unpaired) electrons. The highest BCUT2D eigenvalue weighted by atomic mass is 35.5. The Bertz CT molecular complexity index is 398. The lowest BCUT2D eigenvalue weighted by molar-refractivity contribution is 0.249. The second-order valence-corrected chi connectivity index (χ2v) is 5.57. The molecule has 0 amide bonds. The molecule has 1 aromatic carbocycles. The highest BCUT2D eigenvalue weighted by molar-refractivity contribution is 6.31. The van der Waals surface area contributed by atoms with Crippen LogP contribution in [-0.4, -0.2) is 38.1 Å². The Balaban J connectivity index is 2.03. The first-order valence-corrected chi connectivity index (χ1v) is 6.89. The summed E-state index contributed by atoms with van der Waals surface area (Å²) in [5, 5.41) is 0.782. The Kier molecular flexibility index (Phi) is 4.49. The summed E-state index contributed by atoms with van der Waals surface area (Å²) in [5.74, 6) is 0. The van der Waals surface area contributed by atoms with Gasteiger partial charge in [-0.3, -0.25) is 0 Å². The van der Waals surface area contributed by atoms with Crippen LogP contribution in [0.15, 0.2) is 18.2 Å². The van der Waals surface area contributed by atoms with E-state index in [1.165, 1.54) is 18.5 Å². The van der Waals surface area contributed by atoms with E-state index in [0.29, 0.717) is 12.6 Å². The van der Waals surface area contributed by atoms with Gasteiger partial charge in [-0.25, -0.2) is 0 Å². The molecule has 3 nitrogen and oxygen atoms in total. The Morgan fingerprint density at radius 3 is 2.50 bits per heavy atom. The molecule has 4 heteroatoms. The number of benzene rings is 1. The van der Waals surface area contributed by atoms with E-state index in [-0.39, 0.29) is 0 Å². The lowest BCUT2D eigenvalue weighted by Gasteiger charge is -2.36. The fourth-order valence-electron chi connectivity index (χ4n) is 2.54.